The Morgan fingerprint density at radius 3 is 2.83 bits per heavy atom. The van der Waals surface area contributed by atoms with E-state index in [4.69, 9.17) is 15.5 Å². The Morgan fingerprint density at radius 1 is 1.38 bits per heavy atom. The molecule has 3 heterocycles. The average molecular weight is 351 g/mol. The van der Waals surface area contributed by atoms with Gasteiger partial charge < -0.3 is 15.4 Å². The van der Waals surface area contributed by atoms with Crippen molar-refractivity contribution < 1.29 is 4.74 Å². The van der Waals surface area contributed by atoms with E-state index in [-0.39, 0.29) is 6.10 Å². The molecule has 0 bridgehead atoms. The van der Waals surface area contributed by atoms with Gasteiger partial charge in [-0.05, 0) is 37.1 Å². The third-order valence-corrected chi connectivity index (χ3v) is 6.09. The Hall–Kier alpha value is -1.11. The second-order valence-corrected chi connectivity index (χ2v) is 8.06. The van der Waals surface area contributed by atoms with Gasteiger partial charge in [-0.3, -0.25) is 9.89 Å². The number of guanidine groups is 1. The van der Waals surface area contributed by atoms with Gasteiger partial charge >= 0.3 is 0 Å². The minimum Gasteiger partial charge on any atom is -0.376 e. The molecular formula is C18H30N4OS. The first-order chi connectivity index (χ1) is 11.6. The van der Waals surface area contributed by atoms with Gasteiger partial charge in [-0.2, -0.15) is 0 Å². The lowest BCUT2D eigenvalue weighted by atomic mass is 10.00. The molecule has 2 atom stereocenters. The van der Waals surface area contributed by atoms with Crippen LogP contribution in [0.25, 0.3) is 0 Å². The van der Waals surface area contributed by atoms with Gasteiger partial charge in [0.2, 0.25) is 0 Å². The van der Waals surface area contributed by atoms with E-state index in [1.165, 1.54) is 17.7 Å². The summed E-state index contributed by atoms with van der Waals surface area (Å²) in [5.74, 6) is 1.52. The molecule has 6 heteroatoms. The third kappa shape index (κ3) is 4.49. The minimum absolute atomic E-state index is 0.283. The van der Waals surface area contributed by atoms with Gasteiger partial charge in [0.15, 0.2) is 5.96 Å². The number of rotatable bonds is 4. The second kappa shape index (κ2) is 8.32. The van der Waals surface area contributed by atoms with Gasteiger partial charge in [-0.25, -0.2) is 0 Å². The fraction of sp³-hybridized carbons (Fsp3) is 0.722. The van der Waals surface area contributed by atoms with Crippen molar-refractivity contribution in [3.05, 3.63) is 22.4 Å². The lowest BCUT2D eigenvalue weighted by molar-refractivity contribution is -0.0327. The summed E-state index contributed by atoms with van der Waals surface area (Å²) in [6.45, 7) is 9.98. The van der Waals surface area contributed by atoms with Crippen LogP contribution in [0.3, 0.4) is 0 Å². The highest BCUT2D eigenvalue weighted by atomic mass is 32.1. The molecule has 5 nitrogen and oxygen atoms in total. The van der Waals surface area contributed by atoms with Crippen LogP contribution in [0.1, 0.15) is 37.6 Å². The lowest BCUT2D eigenvalue weighted by Crippen LogP contribution is -2.45. The number of aliphatic imine (C=N–C) groups is 1. The van der Waals surface area contributed by atoms with E-state index in [2.05, 4.69) is 41.2 Å². The maximum absolute atomic E-state index is 6.29. The number of hydrogen-bond acceptors (Lipinski definition) is 4. The summed E-state index contributed by atoms with van der Waals surface area (Å²) < 4.78 is 5.70. The Morgan fingerprint density at radius 2 is 2.17 bits per heavy atom. The number of nitrogens with zero attached hydrogens (tertiary/aromatic N) is 3. The van der Waals surface area contributed by atoms with Crippen molar-refractivity contribution in [1.29, 1.82) is 0 Å². The maximum atomic E-state index is 6.29. The smallest absolute Gasteiger partial charge is 0.191 e. The van der Waals surface area contributed by atoms with E-state index in [9.17, 15) is 0 Å². The third-order valence-electron chi connectivity index (χ3n) is 5.12. The van der Waals surface area contributed by atoms with Crippen molar-refractivity contribution in [3.8, 4) is 0 Å². The van der Waals surface area contributed by atoms with Gasteiger partial charge in [0.05, 0.1) is 25.3 Å². The number of likely N-dealkylation sites (tertiary alicyclic amines) is 1. The van der Waals surface area contributed by atoms with Crippen LogP contribution in [0.5, 0.6) is 0 Å². The molecular weight excluding hydrogens is 320 g/mol. The Kier molecular flexibility index (Phi) is 6.14. The van der Waals surface area contributed by atoms with Crippen LogP contribution in [0, 0.1) is 5.92 Å². The highest BCUT2D eigenvalue weighted by Crippen LogP contribution is 2.27. The summed E-state index contributed by atoms with van der Waals surface area (Å²) in [4.78, 5) is 10.9. The molecule has 0 amide bonds. The largest absolute Gasteiger partial charge is 0.376 e. The van der Waals surface area contributed by atoms with Gasteiger partial charge in [-0.1, -0.05) is 13.0 Å². The fourth-order valence-electron chi connectivity index (χ4n) is 3.51. The van der Waals surface area contributed by atoms with E-state index in [0.29, 0.717) is 12.0 Å². The minimum atomic E-state index is 0.283. The number of thiophene rings is 1. The molecule has 134 valence electrons. The van der Waals surface area contributed by atoms with E-state index in [1.54, 1.807) is 0 Å². The second-order valence-electron chi connectivity index (χ2n) is 7.08. The summed E-state index contributed by atoms with van der Waals surface area (Å²) in [5.41, 5.74) is 6.29. The van der Waals surface area contributed by atoms with Crippen molar-refractivity contribution in [2.75, 3.05) is 39.3 Å². The Labute approximate surface area is 149 Å². The number of ether oxygens (including phenoxy) is 1. The zero-order valence-corrected chi connectivity index (χ0v) is 15.7. The zero-order valence-electron chi connectivity index (χ0n) is 14.9. The summed E-state index contributed by atoms with van der Waals surface area (Å²) >= 11 is 1.81. The van der Waals surface area contributed by atoms with Crippen LogP contribution < -0.4 is 5.73 Å². The summed E-state index contributed by atoms with van der Waals surface area (Å²) in [5, 5.41) is 2.14. The van der Waals surface area contributed by atoms with Crippen molar-refractivity contribution in [1.82, 2.24) is 9.80 Å². The van der Waals surface area contributed by atoms with E-state index in [1.807, 2.05) is 11.3 Å². The molecule has 2 unspecified atom stereocenters. The quantitative estimate of drug-likeness (QED) is 0.670. The lowest BCUT2D eigenvalue weighted by Gasteiger charge is -2.36. The number of piperidine rings is 1. The van der Waals surface area contributed by atoms with Crippen LogP contribution in [0.2, 0.25) is 0 Å². The first-order valence-electron chi connectivity index (χ1n) is 9.07. The predicted molar refractivity (Wildman–Crippen MR) is 101 cm³/mol. The maximum Gasteiger partial charge on any atom is 0.191 e. The SMILES string of the molecule is CC1CCN(C(N)=NCC(c2cccs2)N2CCOC(C)C2)CC1. The first-order valence-corrected chi connectivity index (χ1v) is 9.95. The molecule has 0 aromatic carbocycles. The zero-order chi connectivity index (χ0) is 16.9. The first kappa shape index (κ1) is 17.7. The summed E-state index contributed by atoms with van der Waals surface area (Å²) in [7, 11) is 0. The molecule has 2 saturated heterocycles. The van der Waals surface area contributed by atoms with Gasteiger partial charge in [0, 0.05) is 31.1 Å². The highest BCUT2D eigenvalue weighted by Gasteiger charge is 2.26. The number of morpholine rings is 1. The van der Waals surface area contributed by atoms with Crippen molar-refractivity contribution in [2.45, 2.75) is 38.8 Å². The molecule has 24 heavy (non-hydrogen) atoms. The molecule has 2 N–H and O–H groups in total. The van der Waals surface area contributed by atoms with E-state index >= 15 is 0 Å². The highest BCUT2D eigenvalue weighted by molar-refractivity contribution is 7.10. The molecule has 0 saturated carbocycles. The monoisotopic (exact) mass is 350 g/mol. The van der Waals surface area contributed by atoms with Gasteiger partial charge in [0.25, 0.3) is 0 Å². The Bertz CT molecular complexity index is 525. The molecule has 0 radical (unpaired) electrons. The summed E-state index contributed by atoms with van der Waals surface area (Å²) in [6.07, 6.45) is 2.71. The van der Waals surface area contributed by atoms with Crippen LogP contribution in [0.15, 0.2) is 22.5 Å². The van der Waals surface area contributed by atoms with Crippen molar-refractivity contribution in [2.24, 2.45) is 16.6 Å². The molecule has 0 aliphatic carbocycles. The molecule has 2 aliphatic rings. The topological polar surface area (TPSA) is 54.1 Å². The number of nitrogens with two attached hydrogens (primary N) is 1. The predicted octanol–water partition coefficient (Wildman–Crippen LogP) is 2.56. The van der Waals surface area contributed by atoms with E-state index < -0.39 is 0 Å². The van der Waals surface area contributed by atoms with Crippen LogP contribution in [-0.2, 0) is 4.74 Å². The Balaban J connectivity index is 1.66. The standard InChI is InChI=1S/C18H30N4OS/c1-14-5-7-21(8-6-14)18(19)20-12-16(17-4-3-11-24-17)22-9-10-23-15(2)13-22/h3-4,11,14-16H,5-10,12-13H2,1-2H3,(H2,19,20). The molecule has 1 aromatic rings. The molecule has 2 fully saturated rings. The molecule has 1 aromatic heterocycles. The van der Waals surface area contributed by atoms with Crippen LogP contribution in [0.4, 0.5) is 0 Å². The van der Waals surface area contributed by atoms with Crippen LogP contribution in [-0.4, -0.2) is 61.2 Å². The fourth-order valence-corrected chi connectivity index (χ4v) is 4.36. The number of hydrogen-bond donors (Lipinski definition) is 1. The van der Waals surface area contributed by atoms with Crippen LogP contribution >= 0.6 is 11.3 Å². The van der Waals surface area contributed by atoms with Gasteiger partial charge in [-0.15, -0.1) is 11.3 Å². The summed E-state index contributed by atoms with van der Waals surface area (Å²) in [6, 6.07) is 4.64. The van der Waals surface area contributed by atoms with E-state index in [0.717, 1.165) is 45.2 Å². The normalized spacial score (nSPS) is 25.8. The molecule has 2 aliphatic heterocycles. The van der Waals surface area contributed by atoms with Gasteiger partial charge in [0.1, 0.15) is 0 Å². The molecule has 0 spiro atoms. The molecule has 3 rings (SSSR count). The van der Waals surface area contributed by atoms with Crippen molar-refractivity contribution >= 4 is 17.3 Å². The van der Waals surface area contributed by atoms with Crippen molar-refractivity contribution in [3.63, 3.8) is 0 Å². The average Bonchev–Trinajstić information content (AvgIpc) is 3.10.